The van der Waals surface area contributed by atoms with Crippen molar-refractivity contribution < 1.29 is 44.0 Å². The van der Waals surface area contributed by atoms with Crippen molar-refractivity contribution in [1.82, 2.24) is 0 Å². The minimum absolute atomic E-state index is 0.0881. The standard InChI is InChI=1S/3C12H14O3/c1-8(13)6-7-11-9-4-2-3-5-10(9)12(14)15-11;1-2-3-8-12(14)10-7-5-4-6-9(10)11(13)15-12;1-2-3-8-11(13)9-6-4-5-7-10(9)12(14)15/h2-5,8,11,13H,6-7H2,1H3;4-7,14H,2-3,8H2,1H3;4-7H,2-3,8H2,1H3,(H,14,15). The van der Waals surface area contributed by atoms with Crippen LogP contribution < -0.4 is 0 Å². The van der Waals surface area contributed by atoms with Crippen LogP contribution in [0.3, 0.4) is 0 Å². The third-order valence-corrected chi connectivity index (χ3v) is 7.54. The van der Waals surface area contributed by atoms with Gasteiger partial charge >= 0.3 is 17.9 Å². The van der Waals surface area contributed by atoms with Crippen LogP contribution in [0.15, 0.2) is 72.8 Å². The predicted molar refractivity (Wildman–Crippen MR) is 168 cm³/mol. The van der Waals surface area contributed by atoms with Crippen LogP contribution >= 0.6 is 0 Å². The number of cyclic esters (lactones) is 2. The van der Waals surface area contributed by atoms with Crippen LogP contribution in [0.25, 0.3) is 0 Å². The Labute approximate surface area is 263 Å². The van der Waals surface area contributed by atoms with E-state index in [-0.39, 0.29) is 29.5 Å². The Bertz CT molecular complexity index is 1480. The maximum absolute atomic E-state index is 11.7. The molecule has 0 radical (unpaired) electrons. The number of Topliss-reactive ketones (excluding diaryl/α,β-unsaturated/α-hetero) is 1. The van der Waals surface area contributed by atoms with Crippen molar-refractivity contribution in [2.24, 2.45) is 0 Å². The number of carbonyl (C=O) groups excluding carboxylic acids is 3. The molecule has 9 heteroatoms. The van der Waals surface area contributed by atoms with Gasteiger partial charge in [-0.1, -0.05) is 81.3 Å². The fourth-order valence-corrected chi connectivity index (χ4v) is 5.08. The number of carboxylic acid groups (broad SMARTS) is 1. The van der Waals surface area contributed by atoms with Gasteiger partial charge in [0.05, 0.1) is 22.8 Å². The molecular formula is C36H42O9. The molecule has 5 rings (SSSR count). The van der Waals surface area contributed by atoms with E-state index in [1.807, 2.05) is 32.0 Å². The molecule has 240 valence electrons. The maximum atomic E-state index is 11.7. The van der Waals surface area contributed by atoms with Gasteiger partial charge in [-0.25, -0.2) is 14.4 Å². The summed E-state index contributed by atoms with van der Waals surface area (Å²) >= 11 is 0. The maximum Gasteiger partial charge on any atom is 0.341 e. The molecule has 0 fully saturated rings. The summed E-state index contributed by atoms with van der Waals surface area (Å²) in [5.41, 5.74) is 3.10. The largest absolute Gasteiger partial charge is 0.478 e. The lowest BCUT2D eigenvalue weighted by molar-refractivity contribution is -0.168. The molecule has 3 N–H and O–H groups in total. The third kappa shape index (κ3) is 9.33. The van der Waals surface area contributed by atoms with Crippen molar-refractivity contribution in [3.8, 4) is 0 Å². The van der Waals surface area contributed by atoms with E-state index in [1.165, 1.54) is 6.07 Å². The van der Waals surface area contributed by atoms with E-state index in [4.69, 9.17) is 14.6 Å². The summed E-state index contributed by atoms with van der Waals surface area (Å²) in [5, 5.41) is 28.3. The summed E-state index contributed by atoms with van der Waals surface area (Å²) < 4.78 is 10.3. The zero-order valence-electron chi connectivity index (χ0n) is 26.0. The van der Waals surface area contributed by atoms with E-state index in [2.05, 4.69) is 0 Å². The highest BCUT2D eigenvalue weighted by Gasteiger charge is 2.43. The number of aliphatic hydroxyl groups excluding tert-OH is 1. The summed E-state index contributed by atoms with van der Waals surface area (Å²) in [6, 6.07) is 20.8. The van der Waals surface area contributed by atoms with Crippen LogP contribution in [0.4, 0.5) is 0 Å². The summed E-state index contributed by atoms with van der Waals surface area (Å²) in [7, 11) is 0. The SMILES string of the molecule is CC(O)CCC1OC(=O)c2ccccc21.CCCCC(=O)c1ccccc1C(=O)O.CCCCC1(O)OC(=O)c2ccccc21. The highest BCUT2D eigenvalue weighted by atomic mass is 16.7. The van der Waals surface area contributed by atoms with E-state index in [0.29, 0.717) is 47.9 Å². The van der Waals surface area contributed by atoms with Gasteiger partial charge in [0.15, 0.2) is 5.78 Å². The second-order valence-corrected chi connectivity index (χ2v) is 11.1. The number of rotatable bonds is 11. The molecule has 0 saturated carbocycles. The first-order valence-corrected chi connectivity index (χ1v) is 15.4. The zero-order valence-corrected chi connectivity index (χ0v) is 26.0. The summed E-state index contributed by atoms with van der Waals surface area (Å²) in [4.78, 5) is 45.4. The molecule has 2 aliphatic heterocycles. The summed E-state index contributed by atoms with van der Waals surface area (Å²) in [6.07, 6.45) is 5.20. The molecule has 3 aromatic rings. The van der Waals surface area contributed by atoms with Crippen LogP contribution in [-0.4, -0.2) is 45.1 Å². The highest BCUT2D eigenvalue weighted by Crippen LogP contribution is 2.38. The Morgan fingerprint density at radius 3 is 2.09 bits per heavy atom. The lowest BCUT2D eigenvalue weighted by Gasteiger charge is -2.21. The van der Waals surface area contributed by atoms with Crippen molar-refractivity contribution in [1.29, 1.82) is 0 Å². The molecule has 0 bridgehead atoms. The molecule has 2 aliphatic rings. The second-order valence-electron chi connectivity index (χ2n) is 11.1. The molecule has 9 nitrogen and oxygen atoms in total. The minimum Gasteiger partial charge on any atom is -0.478 e. The number of ether oxygens (including phenoxy) is 2. The van der Waals surface area contributed by atoms with Gasteiger partial charge in [0.2, 0.25) is 5.79 Å². The molecule has 0 saturated heterocycles. The van der Waals surface area contributed by atoms with Crippen LogP contribution in [-0.2, 0) is 15.3 Å². The monoisotopic (exact) mass is 618 g/mol. The normalized spacial score (nSPS) is 18.2. The zero-order chi connectivity index (χ0) is 33.0. The number of hydrogen-bond donors (Lipinski definition) is 3. The lowest BCUT2D eigenvalue weighted by Crippen LogP contribution is -2.25. The van der Waals surface area contributed by atoms with Crippen molar-refractivity contribution in [3.63, 3.8) is 0 Å². The van der Waals surface area contributed by atoms with E-state index < -0.39 is 17.7 Å². The molecule has 45 heavy (non-hydrogen) atoms. The quantitative estimate of drug-likeness (QED) is 0.152. The Morgan fingerprint density at radius 2 is 1.44 bits per heavy atom. The van der Waals surface area contributed by atoms with E-state index in [0.717, 1.165) is 31.2 Å². The Balaban J connectivity index is 0.000000184. The van der Waals surface area contributed by atoms with Gasteiger partial charge in [-0.3, -0.25) is 4.79 Å². The van der Waals surface area contributed by atoms with Crippen LogP contribution in [0, 0.1) is 0 Å². The van der Waals surface area contributed by atoms with Crippen molar-refractivity contribution in [2.45, 2.75) is 90.1 Å². The predicted octanol–water partition coefficient (Wildman–Crippen LogP) is 7.01. The molecule has 3 atom stereocenters. The fourth-order valence-electron chi connectivity index (χ4n) is 5.08. The number of carbonyl (C=O) groups is 4. The Kier molecular flexibility index (Phi) is 13.0. The number of aliphatic hydroxyl groups is 2. The van der Waals surface area contributed by atoms with Crippen LogP contribution in [0.1, 0.15) is 131 Å². The van der Waals surface area contributed by atoms with Gasteiger partial charge in [-0.15, -0.1) is 0 Å². The number of benzene rings is 3. The van der Waals surface area contributed by atoms with Gasteiger partial charge in [0.1, 0.15) is 6.10 Å². The number of fused-ring (bicyclic) bond motifs is 2. The number of ketones is 1. The first-order valence-electron chi connectivity index (χ1n) is 15.4. The van der Waals surface area contributed by atoms with Gasteiger partial charge in [0, 0.05) is 29.5 Å². The van der Waals surface area contributed by atoms with Crippen molar-refractivity contribution in [2.75, 3.05) is 0 Å². The van der Waals surface area contributed by atoms with Crippen molar-refractivity contribution in [3.05, 3.63) is 106 Å². The minimum atomic E-state index is -1.40. The third-order valence-electron chi connectivity index (χ3n) is 7.54. The average molecular weight is 619 g/mol. The number of carboxylic acids is 1. The number of aromatic carboxylic acids is 1. The number of esters is 2. The smallest absolute Gasteiger partial charge is 0.341 e. The van der Waals surface area contributed by atoms with Crippen LogP contribution in [0.2, 0.25) is 0 Å². The first kappa shape index (κ1) is 35.1. The molecule has 2 heterocycles. The molecule has 0 aliphatic carbocycles. The molecule has 3 aromatic carbocycles. The highest BCUT2D eigenvalue weighted by molar-refractivity contribution is 6.05. The first-order chi connectivity index (χ1) is 21.5. The van der Waals surface area contributed by atoms with Crippen molar-refractivity contribution >= 4 is 23.7 Å². The van der Waals surface area contributed by atoms with Crippen LogP contribution in [0.5, 0.6) is 0 Å². The van der Waals surface area contributed by atoms with Gasteiger partial charge < -0.3 is 24.8 Å². The molecule has 0 amide bonds. The van der Waals surface area contributed by atoms with E-state index in [1.54, 1.807) is 55.5 Å². The molecule has 0 spiro atoms. The Morgan fingerprint density at radius 1 is 0.844 bits per heavy atom. The van der Waals surface area contributed by atoms with Gasteiger partial charge in [0.25, 0.3) is 0 Å². The van der Waals surface area contributed by atoms with Gasteiger partial charge in [-0.05, 0) is 50.8 Å². The number of unbranched alkanes of at least 4 members (excludes halogenated alkanes) is 2. The van der Waals surface area contributed by atoms with Gasteiger partial charge in [-0.2, -0.15) is 0 Å². The molecule has 0 aromatic heterocycles. The lowest BCUT2D eigenvalue weighted by atomic mass is 9.98. The van der Waals surface area contributed by atoms with E-state index >= 15 is 0 Å². The Hall–Kier alpha value is -4.34. The average Bonchev–Trinajstić information content (AvgIpc) is 3.50. The summed E-state index contributed by atoms with van der Waals surface area (Å²) in [5.74, 6) is -3.21. The second kappa shape index (κ2) is 16.7. The number of hydrogen-bond acceptors (Lipinski definition) is 8. The molecular weight excluding hydrogens is 576 g/mol. The topological polar surface area (TPSA) is 147 Å². The summed E-state index contributed by atoms with van der Waals surface area (Å²) in [6.45, 7) is 5.77. The fraction of sp³-hybridized carbons (Fsp3) is 0.389. The molecule has 3 unspecified atom stereocenters. The van der Waals surface area contributed by atoms with E-state index in [9.17, 15) is 29.4 Å².